The maximum Gasteiger partial charge on any atom is 0.133 e. The van der Waals surface area contributed by atoms with E-state index in [1.54, 1.807) is 0 Å². The number of anilines is 2. The number of aromatic nitrogens is 2. The van der Waals surface area contributed by atoms with E-state index in [9.17, 15) is 0 Å². The van der Waals surface area contributed by atoms with Gasteiger partial charge in [-0.3, -0.25) is 0 Å². The predicted molar refractivity (Wildman–Crippen MR) is 82.8 cm³/mol. The van der Waals surface area contributed by atoms with Crippen LogP contribution in [0.1, 0.15) is 59.2 Å². The van der Waals surface area contributed by atoms with Gasteiger partial charge in [0.05, 0.1) is 0 Å². The van der Waals surface area contributed by atoms with Gasteiger partial charge in [0.2, 0.25) is 0 Å². The highest BCUT2D eigenvalue weighted by Gasteiger charge is 2.08. The highest BCUT2D eigenvalue weighted by molar-refractivity contribution is 5.48. The van der Waals surface area contributed by atoms with Crippen molar-refractivity contribution in [1.82, 2.24) is 9.97 Å². The SMILES string of the molecule is CCCNc1cc(NC(CC)CC)nc(CCC)n1. The molecule has 0 aliphatic heterocycles. The fourth-order valence-electron chi connectivity index (χ4n) is 1.95. The molecule has 1 rings (SSSR count). The molecule has 4 nitrogen and oxygen atoms in total. The fraction of sp³-hybridized carbons (Fsp3) is 0.733. The van der Waals surface area contributed by atoms with E-state index in [-0.39, 0.29) is 0 Å². The Kier molecular flexibility index (Phi) is 7.23. The van der Waals surface area contributed by atoms with Gasteiger partial charge in [0, 0.05) is 25.1 Å². The fourth-order valence-corrected chi connectivity index (χ4v) is 1.95. The van der Waals surface area contributed by atoms with E-state index < -0.39 is 0 Å². The molecular weight excluding hydrogens is 236 g/mol. The van der Waals surface area contributed by atoms with Gasteiger partial charge in [-0.1, -0.05) is 27.7 Å². The normalized spacial score (nSPS) is 10.8. The maximum absolute atomic E-state index is 4.60. The third-order valence-corrected chi connectivity index (χ3v) is 3.14. The zero-order chi connectivity index (χ0) is 14.1. The molecule has 0 aliphatic carbocycles. The van der Waals surface area contributed by atoms with Gasteiger partial charge in [0.15, 0.2) is 0 Å². The van der Waals surface area contributed by atoms with Crippen LogP contribution in [0, 0.1) is 0 Å². The molecule has 0 amide bonds. The molecule has 0 spiro atoms. The lowest BCUT2D eigenvalue weighted by atomic mass is 10.2. The molecule has 0 unspecified atom stereocenters. The van der Waals surface area contributed by atoms with Crippen molar-refractivity contribution in [3.05, 3.63) is 11.9 Å². The first kappa shape index (κ1) is 15.7. The summed E-state index contributed by atoms with van der Waals surface area (Å²) in [5.41, 5.74) is 0. The first-order valence-electron chi connectivity index (χ1n) is 7.61. The van der Waals surface area contributed by atoms with Crippen LogP contribution in [0.15, 0.2) is 6.07 Å². The van der Waals surface area contributed by atoms with Crippen LogP contribution in [0.25, 0.3) is 0 Å². The molecule has 0 saturated carbocycles. The van der Waals surface area contributed by atoms with Crippen molar-refractivity contribution in [2.24, 2.45) is 0 Å². The Bertz CT molecular complexity index is 361. The largest absolute Gasteiger partial charge is 0.370 e. The third kappa shape index (κ3) is 5.45. The summed E-state index contributed by atoms with van der Waals surface area (Å²) in [6.45, 7) is 9.66. The number of nitrogens with one attached hydrogen (secondary N) is 2. The van der Waals surface area contributed by atoms with Gasteiger partial charge >= 0.3 is 0 Å². The van der Waals surface area contributed by atoms with E-state index in [2.05, 4.69) is 48.3 Å². The Balaban J connectivity index is 2.85. The molecule has 1 heterocycles. The van der Waals surface area contributed by atoms with Gasteiger partial charge in [-0.2, -0.15) is 0 Å². The van der Waals surface area contributed by atoms with Gasteiger partial charge in [-0.15, -0.1) is 0 Å². The Hall–Kier alpha value is -1.32. The van der Waals surface area contributed by atoms with E-state index in [4.69, 9.17) is 0 Å². The summed E-state index contributed by atoms with van der Waals surface area (Å²) in [5.74, 6) is 2.82. The smallest absolute Gasteiger partial charge is 0.133 e. The van der Waals surface area contributed by atoms with Crippen LogP contribution in [0.5, 0.6) is 0 Å². The molecule has 0 aromatic carbocycles. The molecule has 19 heavy (non-hydrogen) atoms. The minimum Gasteiger partial charge on any atom is -0.370 e. The Morgan fingerprint density at radius 1 is 1.00 bits per heavy atom. The predicted octanol–water partition coefficient (Wildman–Crippen LogP) is 3.85. The van der Waals surface area contributed by atoms with Crippen LogP contribution in [0.2, 0.25) is 0 Å². The second-order valence-electron chi connectivity index (χ2n) is 4.89. The average molecular weight is 264 g/mol. The van der Waals surface area contributed by atoms with Crippen molar-refractivity contribution in [2.45, 2.75) is 65.8 Å². The summed E-state index contributed by atoms with van der Waals surface area (Å²) in [4.78, 5) is 9.16. The Labute approximate surface area is 117 Å². The highest BCUT2D eigenvalue weighted by atomic mass is 15.1. The molecule has 1 aromatic heterocycles. The number of hydrogen-bond acceptors (Lipinski definition) is 4. The molecule has 0 radical (unpaired) electrons. The average Bonchev–Trinajstić information content (AvgIpc) is 2.42. The summed E-state index contributed by atoms with van der Waals surface area (Å²) in [6, 6.07) is 2.51. The lowest BCUT2D eigenvalue weighted by molar-refractivity contribution is 0.666. The zero-order valence-corrected chi connectivity index (χ0v) is 12.8. The van der Waals surface area contributed by atoms with Crippen LogP contribution in [-0.4, -0.2) is 22.6 Å². The van der Waals surface area contributed by atoms with E-state index in [0.29, 0.717) is 6.04 Å². The van der Waals surface area contributed by atoms with E-state index in [1.165, 1.54) is 0 Å². The van der Waals surface area contributed by atoms with Crippen LogP contribution < -0.4 is 10.6 Å². The first-order chi connectivity index (χ1) is 9.23. The summed E-state index contributed by atoms with van der Waals surface area (Å²) in [6.07, 6.45) is 5.33. The zero-order valence-electron chi connectivity index (χ0n) is 12.8. The van der Waals surface area contributed by atoms with Crippen molar-refractivity contribution < 1.29 is 0 Å². The number of aryl methyl sites for hydroxylation is 1. The molecule has 2 N–H and O–H groups in total. The van der Waals surface area contributed by atoms with E-state index in [0.717, 1.165) is 56.1 Å². The topological polar surface area (TPSA) is 49.8 Å². The van der Waals surface area contributed by atoms with Crippen LogP contribution in [0.3, 0.4) is 0 Å². The van der Waals surface area contributed by atoms with Gasteiger partial charge in [-0.05, 0) is 25.7 Å². The summed E-state index contributed by atoms with van der Waals surface area (Å²) < 4.78 is 0. The van der Waals surface area contributed by atoms with Crippen molar-refractivity contribution >= 4 is 11.6 Å². The van der Waals surface area contributed by atoms with Crippen LogP contribution >= 0.6 is 0 Å². The minimum atomic E-state index is 0.489. The Morgan fingerprint density at radius 2 is 1.68 bits per heavy atom. The molecule has 4 heteroatoms. The maximum atomic E-state index is 4.60. The first-order valence-corrected chi connectivity index (χ1v) is 7.61. The van der Waals surface area contributed by atoms with Crippen LogP contribution in [0.4, 0.5) is 11.6 Å². The quantitative estimate of drug-likeness (QED) is 0.711. The lowest BCUT2D eigenvalue weighted by Crippen LogP contribution is -2.19. The second kappa shape index (κ2) is 8.73. The summed E-state index contributed by atoms with van der Waals surface area (Å²) in [7, 11) is 0. The van der Waals surface area contributed by atoms with Gasteiger partial charge in [0.25, 0.3) is 0 Å². The van der Waals surface area contributed by atoms with Crippen molar-refractivity contribution in [3.63, 3.8) is 0 Å². The number of hydrogen-bond donors (Lipinski definition) is 2. The molecule has 108 valence electrons. The lowest BCUT2D eigenvalue weighted by Gasteiger charge is -2.17. The van der Waals surface area contributed by atoms with E-state index >= 15 is 0 Å². The molecule has 0 saturated heterocycles. The van der Waals surface area contributed by atoms with E-state index in [1.807, 2.05) is 6.07 Å². The summed E-state index contributed by atoms with van der Waals surface area (Å²) >= 11 is 0. The molecular formula is C15H28N4. The molecule has 0 fully saturated rings. The number of rotatable bonds is 9. The van der Waals surface area contributed by atoms with Crippen molar-refractivity contribution in [2.75, 3.05) is 17.2 Å². The summed E-state index contributed by atoms with van der Waals surface area (Å²) in [5, 5.41) is 6.85. The van der Waals surface area contributed by atoms with Gasteiger partial charge < -0.3 is 10.6 Å². The molecule has 0 bridgehead atoms. The van der Waals surface area contributed by atoms with Gasteiger partial charge in [0.1, 0.15) is 17.5 Å². The standard InChI is InChI=1S/C15H28N4/c1-5-9-13-18-14(16-10-6-2)11-15(19-13)17-12(7-3)8-4/h11-12H,5-10H2,1-4H3,(H2,16,17,18,19). The third-order valence-electron chi connectivity index (χ3n) is 3.14. The van der Waals surface area contributed by atoms with Crippen molar-refractivity contribution in [3.8, 4) is 0 Å². The number of nitrogens with zero attached hydrogens (tertiary/aromatic N) is 2. The van der Waals surface area contributed by atoms with Gasteiger partial charge in [-0.25, -0.2) is 9.97 Å². The molecule has 0 atom stereocenters. The second-order valence-corrected chi connectivity index (χ2v) is 4.89. The molecule has 0 aliphatic rings. The Morgan fingerprint density at radius 3 is 2.26 bits per heavy atom. The monoisotopic (exact) mass is 264 g/mol. The highest BCUT2D eigenvalue weighted by Crippen LogP contribution is 2.15. The molecule has 1 aromatic rings. The van der Waals surface area contributed by atoms with Crippen LogP contribution in [-0.2, 0) is 6.42 Å². The van der Waals surface area contributed by atoms with Crippen molar-refractivity contribution in [1.29, 1.82) is 0 Å². The minimum absolute atomic E-state index is 0.489.